The van der Waals surface area contributed by atoms with Crippen molar-refractivity contribution in [2.45, 2.75) is 68.6 Å². The van der Waals surface area contributed by atoms with Gasteiger partial charge in [-0.2, -0.15) is 16.1 Å². The topological polar surface area (TPSA) is 37.4 Å². The molecule has 0 N–H and O–H groups in total. The van der Waals surface area contributed by atoms with Gasteiger partial charge >= 0.3 is 0 Å². The quantitative estimate of drug-likeness (QED) is 0.697. The van der Waals surface area contributed by atoms with Gasteiger partial charge in [0.05, 0.1) is 4.90 Å². The molecule has 0 spiro atoms. The molecule has 2 fully saturated rings. The smallest absolute Gasteiger partial charge is 0.207 e. The molecule has 134 valence electrons. The van der Waals surface area contributed by atoms with Crippen LogP contribution in [0.5, 0.6) is 0 Å². The van der Waals surface area contributed by atoms with Crippen molar-refractivity contribution >= 4 is 21.8 Å². The van der Waals surface area contributed by atoms with Crippen LogP contribution < -0.4 is 0 Å². The van der Waals surface area contributed by atoms with Gasteiger partial charge in [-0.15, -0.1) is 0 Å². The van der Waals surface area contributed by atoms with Crippen LogP contribution in [0, 0.1) is 12.8 Å². The minimum absolute atomic E-state index is 0.212. The van der Waals surface area contributed by atoms with Crippen molar-refractivity contribution in [3.8, 4) is 0 Å². The highest BCUT2D eigenvalue weighted by Crippen LogP contribution is 2.44. The molecule has 2 aliphatic heterocycles. The average molecular weight is 368 g/mol. The van der Waals surface area contributed by atoms with Crippen molar-refractivity contribution in [3.63, 3.8) is 0 Å². The van der Waals surface area contributed by atoms with E-state index in [0.717, 1.165) is 24.2 Å². The van der Waals surface area contributed by atoms with Gasteiger partial charge in [-0.1, -0.05) is 43.9 Å². The molecule has 3 rings (SSSR count). The Morgan fingerprint density at radius 3 is 2.62 bits per heavy atom. The Labute approximate surface area is 151 Å². The number of fused-ring (bicyclic) bond motifs is 1. The second-order valence-electron chi connectivity index (χ2n) is 7.14. The monoisotopic (exact) mass is 367 g/mol. The van der Waals surface area contributed by atoms with Crippen LogP contribution in [0.2, 0.25) is 0 Å². The number of thioether (sulfide) groups is 1. The first kappa shape index (κ1) is 18.3. The predicted octanol–water partition coefficient (Wildman–Crippen LogP) is 4.46. The molecule has 0 aliphatic carbocycles. The third-order valence-electron chi connectivity index (χ3n) is 5.49. The molecular weight excluding hydrogens is 338 g/mol. The zero-order chi connectivity index (χ0) is 17.2. The summed E-state index contributed by atoms with van der Waals surface area (Å²) >= 11 is 2.08. The molecule has 2 heterocycles. The first-order valence-corrected chi connectivity index (χ1v) is 11.7. The van der Waals surface area contributed by atoms with Crippen molar-refractivity contribution in [1.82, 2.24) is 4.31 Å². The second kappa shape index (κ2) is 7.79. The zero-order valence-electron chi connectivity index (χ0n) is 14.8. The normalized spacial score (nSPS) is 28.0. The highest BCUT2D eigenvalue weighted by molar-refractivity contribution is 8.00. The summed E-state index contributed by atoms with van der Waals surface area (Å²) in [4.78, 5) is 0.453. The van der Waals surface area contributed by atoms with E-state index in [1.165, 1.54) is 25.7 Å². The maximum atomic E-state index is 13.1. The van der Waals surface area contributed by atoms with Gasteiger partial charge in [0.25, 0.3) is 0 Å². The Kier molecular flexibility index (Phi) is 5.94. The van der Waals surface area contributed by atoms with E-state index in [4.69, 9.17) is 0 Å². The SMILES string of the molecule is CCCCC[C@@H]1SCC[C@H]2[C@H]1CCN2S(=O)(=O)c1ccc(C)cc1. The van der Waals surface area contributed by atoms with E-state index in [0.29, 0.717) is 22.6 Å². The molecule has 0 aromatic heterocycles. The van der Waals surface area contributed by atoms with Gasteiger partial charge in [-0.05, 0) is 50.0 Å². The molecular formula is C19H29NO2S2. The molecule has 0 bridgehead atoms. The van der Waals surface area contributed by atoms with Gasteiger partial charge < -0.3 is 0 Å². The van der Waals surface area contributed by atoms with Gasteiger partial charge in [0, 0.05) is 17.8 Å². The van der Waals surface area contributed by atoms with E-state index in [2.05, 4.69) is 18.7 Å². The van der Waals surface area contributed by atoms with Crippen molar-refractivity contribution < 1.29 is 8.42 Å². The number of hydrogen-bond donors (Lipinski definition) is 0. The molecule has 3 atom stereocenters. The van der Waals surface area contributed by atoms with Crippen molar-refractivity contribution in [1.29, 1.82) is 0 Å². The van der Waals surface area contributed by atoms with Gasteiger partial charge in [0.2, 0.25) is 10.0 Å². The molecule has 24 heavy (non-hydrogen) atoms. The van der Waals surface area contributed by atoms with Crippen molar-refractivity contribution in [2.24, 2.45) is 5.92 Å². The van der Waals surface area contributed by atoms with Gasteiger partial charge in [-0.25, -0.2) is 8.42 Å². The summed E-state index contributed by atoms with van der Waals surface area (Å²) in [5.74, 6) is 1.64. The van der Waals surface area contributed by atoms with E-state index in [-0.39, 0.29) is 6.04 Å². The highest BCUT2D eigenvalue weighted by Gasteiger charge is 2.46. The molecule has 2 saturated heterocycles. The predicted molar refractivity (Wildman–Crippen MR) is 102 cm³/mol. The molecule has 1 aromatic rings. The van der Waals surface area contributed by atoms with E-state index < -0.39 is 10.0 Å². The van der Waals surface area contributed by atoms with Crippen LogP contribution in [0.15, 0.2) is 29.2 Å². The Balaban J connectivity index is 1.75. The summed E-state index contributed by atoms with van der Waals surface area (Å²) in [6, 6.07) is 7.52. The van der Waals surface area contributed by atoms with Crippen LogP contribution in [-0.2, 0) is 10.0 Å². The Hall–Kier alpha value is -0.520. The fraction of sp³-hybridized carbons (Fsp3) is 0.684. The van der Waals surface area contributed by atoms with Crippen LogP contribution in [-0.4, -0.2) is 36.3 Å². The minimum Gasteiger partial charge on any atom is -0.207 e. The Morgan fingerprint density at radius 2 is 1.92 bits per heavy atom. The summed E-state index contributed by atoms with van der Waals surface area (Å²) in [5.41, 5.74) is 1.10. The van der Waals surface area contributed by atoms with Crippen LogP contribution in [0.1, 0.15) is 51.0 Å². The summed E-state index contributed by atoms with van der Waals surface area (Å²) in [5, 5.41) is 0.647. The third-order valence-corrected chi connectivity index (χ3v) is 8.91. The van der Waals surface area contributed by atoms with Gasteiger partial charge in [-0.3, -0.25) is 0 Å². The highest BCUT2D eigenvalue weighted by atomic mass is 32.2. The average Bonchev–Trinajstić information content (AvgIpc) is 3.01. The fourth-order valence-corrected chi connectivity index (χ4v) is 7.43. The first-order chi connectivity index (χ1) is 11.5. The van der Waals surface area contributed by atoms with Crippen LogP contribution >= 0.6 is 11.8 Å². The number of benzene rings is 1. The lowest BCUT2D eigenvalue weighted by atomic mass is 9.91. The third kappa shape index (κ3) is 3.68. The van der Waals surface area contributed by atoms with Gasteiger partial charge in [0.1, 0.15) is 0 Å². The number of unbranched alkanes of at least 4 members (excludes halogenated alkanes) is 2. The zero-order valence-corrected chi connectivity index (χ0v) is 16.4. The number of aryl methyl sites for hydroxylation is 1. The second-order valence-corrected chi connectivity index (χ2v) is 10.4. The number of nitrogens with zero attached hydrogens (tertiary/aromatic N) is 1. The number of rotatable bonds is 6. The van der Waals surface area contributed by atoms with E-state index in [1.54, 1.807) is 12.1 Å². The summed E-state index contributed by atoms with van der Waals surface area (Å²) in [6.45, 7) is 4.92. The maximum Gasteiger partial charge on any atom is 0.243 e. The van der Waals surface area contributed by atoms with Crippen molar-refractivity contribution in [3.05, 3.63) is 29.8 Å². The van der Waals surface area contributed by atoms with E-state index in [1.807, 2.05) is 23.4 Å². The molecule has 1 aromatic carbocycles. The van der Waals surface area contributed by atoms with Crippen LogP contribution in [0.4, 0.5) is 0 Å². The molecule has 0 radical (unpaired) electrons. The summed E-state index contributed by atoms with van der Waals surface area (Å²) in [6.07, 6.45) is 7.10. The molecule has 2 aliphatic rings. The van der Waals surface area contributed by atoms with Gasteiger partial charge in [0.15, 0.2) is 0 Å². The largest absolute Gasteiger partial charge is 0.243 e. The van der Waals surface area contributed by atoms with Crippen LogP contribution in [0.3, 0.4) is 0 Å². The molecule has 0 unspecified atom stereocenters. The Bertz CT molecular complexity index is 642. The summed E-state index contributed by atoms with van der Waals surface area (Å²) in [7, 11) is -3.35. The van der Waals surface area contributed by atoms with E-state index >= 15 is 0 Å². The Morgan fingerprint density at radius 1 is 1.17 bits per heavy atom. The molecule has 0 saturated carbocycles. The summed E-state index contributed by atoms with van der Waals surface area (Å²) < 4.78 is 28.0. The van der Waals surface area contributed by atoms with Crippen LogP contribution in [0.25, 0.3) is 0 Å². The lowest BCUT2D eigenvalue weighted by molar-refractivity contribution is 0.309. The number of hydrogen-bond acceptors (Lipinski definition) is 3. The number of sulfonamides is 1. The maximum absolute atomic E-state index is 13.1. The molecule has 3 nitrogen and oxygen atoms in total. The lowest BCUT2D eigenvalue weighted by Gasteiger charge is -2.36. The first-order valence-electron chi connectivity index (χ1n) is 9.24. The minimum atomic E-state index is -3.35. The van der Waals surface area contributed by atoms with E-state index in [9.17, 15) is 8.42 Å². The molecule has 5 heteroatoms. The van der Waals surface area contributed by atoms with Crippen molar-refractivity contribution in [2.75, 3.05) is 12.3 Å². The fourth-order valence-electron chi connectivity index (χ4n) is 4.14. The standard InChI is InChI=1S/C19H29NO2S2/c1-3-4-5-6-19-17-11-13-20(18(17)12-14-23-19)24(21,22)16-9-7-15(2)8-10-16/h7-10,17-19H,3-6,11-14H2,1-2H3/t17-,18+,19+/m1/s1. The lowest BCUT2D eigenvalue weighted by Crippen LogP contribution is -2.42. The molecule has 0 amide bonds.